The van der Waals surface area contributed by atoms with Gasteiger partial charge in [0.25, 0.3) is 0 Å². The van der Waals surface area contributed by atoms with Crippen molar-refractivity contribution in [3.63, 3.8) is 0 Å². The van der Waals surface area contributed by atoms with Crippen LogP contribution in [0.1, 0.15) is 18.4 Å². The van der Waals surface area contributed by atoms with Crippen LogP contribution >= 0.6 is 11.6 Å². The number of rotatable bonds is 5. The Morgan fingerprint density at radius 2 is 2.11 bits per heavy atom. The highest BCUT2D eigenvalue weighted by molar-refractivity contribution is 6.33. The zero-order valence-electron chi connectivity index (χ0n) is 11.8. The fraction of sp³-hybridized carbons (Fsp3) is 0.600. The lowest BCUT2D eigenvalue weighted by molar-refractivity contribution is 0.0685. The molecule has 1 aromatic rings. The number of ether oxygens (including phenoxy) is 1. The molecule has 106 valence electrons. The van der Waals surface area contributed by atoms with E-state index in [1.54, 1.807) is 0 Å². The molecule has 0 radical (unpaired) electrons. The lowest BCUT2D eigenvalue weighted by Crippen LogP contribution is -2.29. The molecule has 1 aromatic carbocycles. The van der Waals surface area contributed by atoms with Crippen molar-refractivity contribution in [3.8, 4) is 0 Å². The minimum absolute atomic E-state index is 0.715. The maximum Gasteiger partial charge on any atom is 0.0642 e. The summed E-state index contributed by atoms with van der Waals surface area (Å²) in [6.45, 7) is 3.69. The zero-order valence-corrected chi connectivity index (χ0v) is 12.5. The van der Waals surface area contributed by atoms with Gasteiger partial charge in [0.15, 0.2) is 0 Å². The molecule has 1 saturated heterocycles. The van der Waals surface area contributed by atoms with Gasteiger partial charge in [-0.15, -0.1) is 0 Å². The SMILES string of the molecule is CNCc1ccc(N(C)CC2CCOCC2)c(Cl)c1. The second-order valence-electron chi connectivity index (χ2n) is 5.25. The Morgan fingerprint density at radius 1 is 1.37 bits per heavy atom. The number of halogens is 1. The lowest BCUT2D eigenvalue weighted by atomic mass is 9.99. The summed E-state index contributed by atoms with van der Waals surface area (Å²) in [4.78, 5) is 2.27. The molecule has 0 saturated carbocycles. The molecule has 0 atom stereocenters. The van der Waals surface area contributed by atoms with Crippen LogP contribution in [0.3, 0.4) is 0 Å². The molecule has 3 nitrogen and oxygen atoms in total. The van der Waals surface area contributed by atoms with Gasteiger partial charge in [-0.2, -0.15) is 0 Å². The lowest BCUT2D eigenvalue weighted by Gasteiger charge is -2.29. The molecule has 0 spiro atoms. The largest absolute Gasteiger partial charge is 0.381 e. The number of hydrogen-bond donors (Lipinski definition) is 1. The molecule has 1 aliphatic heterocycles. The number of nitrogens with one attached hydrogen (secondary N) is 1. The molecule has 0 bridgehead atoms. The van der Waals surface area contributed by atoms with Crippen molar-refractivity contribution in [2.45, 2.75) is 19.4 Å². The van der Waals surface area contributed by atoms with E-state index in [2.05, 4.69) is 29.4 Å². The molecule has 4 heteroatoms. The van der Waals surface area contributed by atoms with Crippen LogP contribution in [0.15, 0.2) is 18.2 Å². The average molecular weight is 283 g/mol. The van der Waals surface area contributed by atoms with Gasteiger partial charge in [-0.05, 0) is 43.5 Å². The Labute approximate surface area is 120 Å². The fourth-order valence-electron chi connectivity index (χ4n) is 2.59. The van der Waals surface area contributed by atoms with Crippen molar-refractivity contribution in [1.82, 2.24) is 5.32 Å². The van der Waals surface area contributed by atoms with Gasteiger partial charge in [0.2, 0.25) is 0 Å². The standard InChI is InChI=1S/C15H23ClN2O/c1-17-10-13-3-4-15(14(16)9-13)18(2)11-12-5-7-19-8-6-12/h3-4,9,12,17H,5-8,10-11H2,1-2H3. The van der Waals surface area contributed by atoms with Crippen molar-refractivity contribution in [3.05, 3.63) is 28.8 Å². The van der Waals surface area contributed by atoms with E-state index in [4.69, 9.17) is 16.3 Å². The van der Waals surface area contributed by atoms with E-state index in [9.17, 15) is 0 Å². The molecule has 2 rings (SSSR count). The molecule has 0 amide bonds. The van der Waals surface area contributed by atoms with Gasteiger partial charge in [0, 0.05) is 33.4 Å². The normalized spacial score (nSPS) is 16.6. The highest BCUT2D eigenvalue weighted by atomic mass is 35.5. The monoisotopic (exact) mass is 282 g/mol. The number of anilines is 1. The Balaban J connectivity index is 1.99. The third-order valence-corrected chi connectivity index (χ3v) is 3.98. The fourth-order valence-corrected chi connectivity index (χ4v) is 2.94. The molecular formula is C15H23ClN2O. The van der Waals surface area contributed by atoms with E-state index in [0.29, 0.717) is 5.92 Å². The molecule has 1 aliphatic rings. The first-order valence-corrected chi connectivity index (χ1v) is 7.30. The first-order chi connectivity index (χ1) is 9.20. The van der Waals surface area contributed by atoms with E-state index >= 15 is 0 Å². The van der Waals surface area contributed by atoms with Crippen LogP contribution in [0.2, 0.25) is 5.02 Å². The highest BCUT2D eigenvalue weighted by Crippen LogP contribution is 2.28. The minimum atomic E-state index is 0.715. The second kappa shape index (κ2) is 7.13. The predicted octanol–water partition coefficient (Wildman–Crippen LogP) is 2.92. The van der Waals surface area contributed by atoms with Crippen molar-refractivity contribution in [2.24, 2.45) is 5.92 Å². The van der Waals surface area contributed by atoms with Crippen LogP contribution in [0, 0.1) is 5.92 Å². The van der Waals surface area contributed by atoms with E-state index in [0.717, 1.165) is 49.9 Å². The van der Waals surface area contributed by atoms with Crippen LogP contribution in [-0.2, 0) is 11.3 Å². The summed E-state index contributed by atoms with van der Waals surface area (Å²) in [5.41, 5.74) is 2.34. The van der Waals surface area contributed by atoms with E-state index in [1.165, 1.54) is 5.56 Å². The van der Waals surface area contributed by atoms with Gasteiger partial charge in [-0.1, -0.05) is 17.7 Å². The third-order valence-electron chi connectivity index (χ3n) is 3.68. The smallest absolute Gasteiger partial charge is 0.0642 e. The van der Waals surface area contributed by atoms with Crippen LogP contribution in [0.5, 0.6) is 0 Å². The summed E-state index contributed by atoms with van der Waals surface area (Å²) >= 11 is 6.38. The topological polar surface area (TPSA) is 24.5 Å². The van der Waals surface area contributed by atoms with Crippen molar-refractivity contribution < 1.29 is 4.74 Å². The molecule has 0 aliphatic carbocycles. The van der Waals surface area contributed by atoms with Crippen molar-refractivity contribution in [1.29, 1.82) is 0 Å². The number of benzene rings is 1. The number of nitrogens with zero attached hydrogens (tertiary/aromatic N) is 1. The maximum atomic E-state index is 6.38. The molecule has 1 fully saturated rings. The van der Waals surface area contributed by atoms with E-state index in [-0.39, 0.29) is 0 Å². The van der Waals surface area contributed by atoms with Crippen molar-refractivity contribution in [2.75, 3.05) is 38.8 Å². The van der Waals surface area contributed by atoms with Gasteiger partial charge in [0.1, 0.15) is 0 Å². The minimum Gasteiger partial charge on any atom is -0.381 e. The summed E-state index contributed by atoms with van der Waals surface area (Å²) < 4.78 is 5.40. The molecule has 0 aromatic heterocycles. The Hall–Kier alpha value is -0.770. The Morgan fingerprint density at radius 3 is 2.74 bits per heavy atom. The summed E-state index contributed by atoms with van der Waals surface area (Å²) in [5, 5.41) is 3.97. The van der Waals surface area contributed by atoms with Crippen LogP contribution in [0.25, 0.3) is 0 Å². The van der Waals surface area contributed by atoms with Gasteiger partial charge in [-0.3, -0.25) is 0 Å². The Kier molecular flexibility index (Phi) is 5.49. The van der Waals surface area contributed by atoms with E-state index < -0.39 is 0 Å². The van der Waals surface area contributed by atoms with E-state index in [1.807, 2.05) is 13.1 Å². The van der Waals surface area contributed by atoms with Crippen LogP contribution in [-0.4, -0.2) is 33.9 Å². The quantitative estimate of drug-likeness (QED) is 0.899. The predicted molar refractivity (Wildman–Crippen MR) is 81.0 cm³/mol. The highest BCUT2D eigenvalue weighted by Gasteiger charge is 2.17. The van der Waals surface area contributed by atoms with Gasteiger partial charge in [0.05, 0.1) is 10.7 Å². The van der Waals surface area contributed by atoms with Gasteiger partial charge >= 0.3 is 0 Å². The first-order valence-electron chi connectivity index (χ1n) is 6.92. The molecule has 19 heavy (non-hydrogen) atoms. The molecule has 1 heterocycles. The van der Waals surface area contributed by atoms with Crippen LogP contribution < -0.4 is 10.2 Å². The third kappa shape index (κ3) is 4.10. The zero-order chi connectivity index (χ0) is 13.7. The average Bonchev–Trinajstić information content (AvgIpc) is 2.40. The molecule has 0 unspecified atom stereocenters. The number of hydrogen-bond acceptors (Lipinski definition) is 3. The van der Waals surface area contributed by atoms with Gasteiger partial charge in [-0.25, -0.2) is 0 Å². The summed E-state index contributed by atoms with van der Waals surface area (Å²) in [5.74, 6) is 0.715. The first kappa shape index (κ1) is 14.6. The van der Waals surface area contributed by atoms with Crippen LogP contribution in [0.4, 0.5) is 5.69 Å². The van der Waals surface area contributed by atoms with Gasteiger partial charge < -0.3 is 15.0 Å². The summed E-state index contributed by atoms with van der Waals surface area (Å²) in [6, 6.07) is 6.31. The van der Waals surface area contributed by atoms with Crippen molar-refractivity contribution >= 4 is 17.3 Å². The summed E-state index contributed by atoms with van der Waals surface area (Å²) in [7, 11) is 4.06. The maximum absolute atomic E-state index is 6.38. The molecule has 1 N–H and O–H groups in total. The summed E-state index contributed by atoms with van der Waals surface area (Å²) in [6.07, 6.45) is 2.31. The molecular weight excluding hydrogens is 260 g/mol. The Bertz CT molecular complexity index is 405. The second-order valence-corrected chi connectivity index (χ2v) is 5.66.